The molecule has 0 aliphatic carbocycles. The van der Waals surface area contributed by atoms with Gasteiger partial charge in [0.15, 0.2) is 0 Å². The lowest BCUT2D eigenvalue weighted by atomic mass is 9.98. The average molecular weight is 393 g/mol. The Bertz CT molecular complexity index is 1130. The first-order valence-corrected chi connectivity index (χ1v) is 8.56. The lowest BCUT2D eigenvalue weighted by Gasteiger charge is -2.24. The smallest absolute Gasteiger partial charge is 0.300 e. The Morgan fingerprint density at radius 2 is 1.76 bits per heavy atom. The van der Waals surface area contributed by atoms with Crippen molar-refractivity contribution in [1.82, 2.24) is 9.97 Å². The fourth-order valence-corrected chi connectivity index (χ4v) is 3.23. The first-order chi connectivity index (χ1) is 14.0. The molecule has 1 fully saturated rings. The van der Waals surface area contributed by atoms with E-state index < -0.39 is 40.8 Å². The highest BCUT2D eigenvalue weighted by Gasteiger charge is 2.48. The van der Waals surface area contributed by atoms with Crippen molar-refractivity contribution in [3.05, 3.63) is 95.6 Å². The van der Waals surface area contributed by atoms with Crippen molar-refractivity contribution >= 4 is 23.1 Å². The molecule has 1 saturated heterocycles. The van der Waals surface area contributed by atoms with Gasteiger partial charge in [-0.2, -0.15) is 0 Å². The summed E-state index contributed by atoms with van der Waals surface area (Å²) in [6.45, 7) is 0. The number of hydrogen-bond acceptors (Lipinski definition) is 5. The summed E-state index contributed by atoms with van der Waals surface area (Å²) in [4.78, 5) is 34.4. The monoisotopic (exact) mass is 393 g/mol. The van der Waals surface area contributed by atoms with Crippen LogP contribution in [0.3, 0.4) is 0 Å². The molecule has 4 rings (SSSR count). The minimum atomic E-state index is -1.24. The van der Waals surface area contributed by atoms with E-state index in [2.05, 4.69) is 9.97 Å². The summed E-state index contributed by atoms with van der Waals surface area (Å²) in [5.41, 5.74) is -0.232. The average Bonchev–Trinajstić information content (AvgIpc) is 3.01. The molecular formula is C21H13F2N3O3. The number of rotatable bonds is 3. The second-order valence-electron chi connectivity index (χ2n) is 6.26. The molecule has 1 N–H and O–H groups in total. The molecule has 29 heavy (non-hydrogen) atoms. The molecule has 8 heteroatoms. The predicted molar refractivity (Wildman–Crippen MR) is 99.6 cm³/mol. The van der Waals surface area contributed by atoms with Crippen molar-refractivity contribution in [2.24, 2.45) is 0 Å². The number of amides is 1. The highest BCUT2D eigenvalue weighted by molar-refractivity contribution is 6.51. The molecule has 3 aromatic rings. The number of benzene rings is 1. The Hall–Kier alpha value is -3.94. The molecule has 1 aliphatic heterocycles. The van der Waals surface area contributed by atoms with Crippen LogP contribution >= 0.6 is 0 Å². The van der Waals surface area contributed by atoms with Crippen LogP contribution in [0.15, 0.2) is 72.7 Å². The van der Waals surface area contributed by atoms with Gasteiger partial charge in [0.1, 0.15) is 23.4 Å². The lowest BCUT2D eigenvalue weighted by molar-refractivity contribution is -0.132. The van der Waals surface area contributed by atoms with Gasteiger partial charge in [-0.15, -0.1) is 0 Å². The molecular weight excluding hydrogens is 380 g/mol. The number of hydrogen-bond donors (Lipinski definition) is 1. The maximum absolute atomic E-state index is 14.5. The molecule has 2 aromatic heterocycles. The standard InChI is InChI=1S/C21H13F2N3O3/c22-13-4-5-14(23)16(11-13)26-18(15-3-1-2-8-25-15)17(20(28)21(26)29)19(27)12-6-9-24-10-7-12/h1-11,18,27H/b19-17+. The van der Waals surface area contributed by atoms with E-state index in [0.717, 1.165) is 23.1 Å². The summed E-state index contributed by atoms with van der Waals surface area (Å²) < 4.78 is 28.3. The summed E-state index contributed by atoms with van der Waals surface area (Å²) in [6.07, 6.45) is 4.25. The Morgan fingerprint density at radius 1 is 1.00 bits per heavy atom. The number of anilines is 1. The number of nitrogens with zero attached hydrogens (tertiary/aromatic N) is 3. The van der Waals surface area contributed by atoms with E-state index in [9.17, 15) is 23.5 Å². The van der Waals surface area contributed by atoms with E-state index in [0.29, 0.717) is 0 Å². The van der Waals surface area contributed by atoms with Gasteiger partial charge in [-0.1, -0.05) is 6.07 Å². The number of carbonyl (C=O) groups is 2. The number of Topliss-reactive ketones (excluding diaryl/α,β-unsaturated/α-hetero) is 1. The van der Waals surface area contributed by atoms with Gasteiger partial charge in [-0.3, -0.25) is 24.5 Å². The second kappa shape index (κ2) is 7.23. The van der Waals surface area contributed by atoms with Crippen LogP contribution in [0.2, 0.25) is 0 Å². The quantitative estimate of drug-likeness (QED) is 0.419. The minimum absolute atomic E-state index is 0.214. The Balaban J connectivity index is 1.98. The van der Waals surface area contributed by atoms with Crippen LogP contribution in [0.1, 0.15) is 17.3 Å². The summed E-state index contributed by atoms with van der Waals surface area (Å²) >= 11 is 0. The SMILES string of the molecule is O=C1C(=O)N(c2cc(F)ccc2F)C(c2ccccn2)/C1=C(\O)c1ccncc1. The lowest BCUT2D eigenvalue weighted by Crippen LogP contribution is -2.30. The highest BCUT2D eigenvalue weighted by Crippen LogP contribution is 2.42. The summed E-state index contributed by atoms with van der Waals surface area (Å²) in [5, 5.41) is 10.8. The number of aromatic nitrogens is 2. The predicted octanol–water partition coefficient (Wildman–Crippen LogP) is 3.38. The second-order valence-corrected chi connectivity index (χ2v) is 6.26. The van der Waals surface area contributed by atoms with E-state index in [1.54, 1.807) is 12.1 Å². The third-order valence-corrected chi connectivity index (χ3v) is 4.53. The molecule has 144 valence electrons. The number of carbonyl (C=O) groups excluding carboxylic acids is 2. The van der Waals surface area contributed by atoms with Gasteiger partial charge in [-0.05, 0) is 36.4 Å². The molecule has 0 spiro atoms. The van der Waals surface area contributed by atoms with Crippen LogP contribution in [0, 0.1) is 11.6 Å². The number of pyridine rings is 2. The number of aliphatic hydroxyl groups excluding tert-OH is 1. The van der Waals surface area contributed by atoms with Gasteiger partial charge >= 0.3 is 0 Å². The van der Waals surface area contributed by atoms with E-state index >= 15 is 0 Å². The van der Waals surface area contributed by atoms with Crippen LogP contribution in [0.25, 0.3) is 5.76 Å². The van der Waals surface area contributed by atoms with E-state index in [1.165, 1.54) is 36.8 Å². The Labute approximate surface area is 163 Å². The normalized spacial score (nSPS) is 18.3. The minimum Gasteiger partial charge on any atom is -0.507 e. The molecule has 1 amide bonds. The molecule has 1 aliphatic rings. The zero-order valence-corrected chi connectivity index (χ0v) is 14.8. The molecule has 0 saturated carbocycles. The maximum Gasteiger partial charge on any atom is 0.300 e. The van der Waals surface area contributed by atoms with E-state index in [1.807, 2.05) is 0 Å². The van der Waals surface area contributed by atoms with Gasteiger partial charge in [0.2, 0.25) is 0 Å². The van der Waals surface area contributed by atoms with Crippen molar-refractivity contribution in [3.8, 4) is 0 Å². The van der Waals surface area contributed by atoms with Crippen molar-refractivity contribution in [2.45, 2.75) is 6.04 Å². The van der Waals surface area contributed by atoms with Crippen LogP contribution in [-0.4, -0.2) is 26.8 Å². The topological polar surface area (TPSA) is 83.4 Å². The summed E-state index contributed by atoms with van der Waals surface area (Å²) in [6, 6.07) is 9.05. The molecule has 3 heterocycles. The Morgan fingerprint density at radius 3 is 2.45 bits per heavy atom. The fourth-order valence-electron chi connectivity index (χ4n) is 3.23. The van der Waals surface area contributed by atoms with Gasteiger partial charge < -0.3 is 5.11 Å². The van der Waals surface area contributed by atoms with Gasteiger partial charge in [-0.25, -0.2) is 8.78 Å². The molecule has 0 bridgehead atoms. The summed E-state index contributed by atoms with van der Waals surface area (Å²) in [7, 11) is 0. The van der Waals surface area contributed by atoms with Gasteiger partial charge in [0.25, 0.3) is 11.7 Å². The first kappa shape index (κ1) is 18.4. The van der Waals surface area contributed by atoms with Crippen molar-refractivity contribution in [2.75, 3.05) is 4.90 Å². The van der Waals surface area contributed by atoms with Crippen LogP contribution < -0.4 is 4.90 Å². The molecule has 6 nitrogen and oxygen atoms in total. The van der Waals surface area contributed by atoms with Crippen molar-refractivity contribution in [1.29, 1.82) is 0 Å². The van der Waals surface area contributed by atoms with Crippen molar-refractivity contribution < 1.29 is 23.5 Å². The van der Waals surface area contributed by atoms with Crippen LogP contribution in [0.5, 0.6) is 0 Å². The fraction of sp³-hybridized carbons (Fsp3) is 0.0476. The van der Waals surface area contributed by atoms with Gasteiger partial charge in [0.05, 0.1) is 17.0 Å². The largest absolute Gasteiger partial charge is 0.507 e. The molecule has 1 unspecified atom stereocenters. The van der Waals surface area contributed by atoms with E-state index in [4.69, 9.17) is 0 Å². The zero-order chi connectivity index (χ0) is 20.5. The molecule has 1 aromatic carbocycles. The highest BCUT2D eigenvalue weighted by atomic mass is 19.1. The number of halogens is 2. The first-order valence-electron chi connectivity index (χ1n) is 8.56. The van der Waals surface area contributed by atoms with Crippen LogP contribution in [0.4, 0.5) is 14.5 Å². The third-order valence-electron chi connectivity index (χ3n) is 4.53. The number of ketones is 1. The molecule has 0 radical (unpaired) electrons. The Kier molecular flexibility index (Phi) is 4.59. The molecule has 1 atom stereocenters. The maximum atomic E-state index is 14.5. The summed E-state index contributed by atoms with van der Waals surface area (Å²) in [5.74, 6) is -4.25. The van der Waals surface area contributed by atoms with E-state index in [-0.39, 0.29) is 16.8 Å². The van der Waals surface area contributed by atoms with Gasteiger partial charge in [0, 0.05) is 30.2 Å². The zero-order valence-electron chi connectivity index (χ0n) is 14.8. The number of aliphatic hydroxyl groups is 1. The van der Waals surface area contributed by atoms with Crippen LogP contribution in [-0.2, 0) is 9.59 Å². The third kappa shape index (κ3) is 3.14. The van der Waals surface area contributed by atoms with Crippen molar-refractivity contribution in [3.63, 3.8) is 0 Å².